The van der Waals surface area contributed by atoms with E-state index in [1.165, 1.54) is 6.33 Å². The number of aromatic nitrogens is 5. The van der Waals surface area contributed by atoms with Gasteiger partial charge >= 0.3 is 0 Å². The highest BCUT2D eigenvalue weighted by molar-refractivity contribution is 6.17. The number of aryl methyl sites for hydroxylation is 1. The van der Waals surface area contributed by atoms with E-state index in [1.54, 1.807) is 17.2 Å². The van der Waals surface area contributed by atoms with Gasteiger partial charge < -0.3 is 0 Å². The summed E-state index contributed by atoms with van der Waals surface area (Å²) in [7, 11) is 0. The molecule has 2 aromatic rings. The Labute approximate surface area is 92.2 Å². The van der Waals surface area contributed by atoms with Crippen molar-refractivity contribution in [2.45, 2.75) is 19.3 Å². The predicted molar refractivity (Wildman–Crippen MR) is 55.5 cm³/mol. The van der Waals surface area contributed by atoms with E-state index < -0.39 is 0 Å². The van der Waals surface area contributed by atoms with Crippen molar-refractivity contribution in [1.29, 1.82) is 0 Å². The largest absolute Gasteiger partial charge is 0.245 e. The van der Waals surface area contributed by atoms with Gasteiger partial charge in [0.25, 0.3) is 0 Å². The van der Waals surface area contributed by atoms with Crippen LogP contribution in [0, 0.1) is 6.92 Å². The Kier molecular flexibility index (Phi) is 2.91. The molecule has 6 heteroatoms. The molecule has 0 fully saturated rings. The van der Waals surface area contributed by atoms with E-state index >= 15 is 0 Å². The molecule has 0 saturated carbocycles. The topological polar surface area (TPSA) is 56.5 Å². The molecule has 0 aliphatic carbocycles. The second kappa shape index (κ2) is 4.35. The second-order valence-corrected chi connectivity index (χ2v) is 3.39. The third-order valence-corrected chi connectivity index (χ3v) is 2.33. The smallest absolute Gasteiger partial charge is 0.150 e. The number of hydrogen-bond donors (Lipinski definition) is 0. The molecular weight excluding hydrogens is 214 g/mol. The molecule has 2 rings (SSSR count). The standard InChI is InChI=1S/C9H10ClN5/c1-7-8(2-10)3-12-9(14-7)4-15-6-11-5-13-15/h3,5-6H,2,4H2,1H3. The molecule has 0 N–H and O–H groups in total. The normalized spacial score (nSPS) is 10.5. The highest BCUT2D eigenvalue weighted by Crippen LogP contribution is 2.07. The van der Waals surface area contributed by atoms with E-state index in [-0.39, 0.29) is 0 Å². The molecule has 0 amide bonds. The lowest BCUT2D eigenvalue weighted by atomic mass is 10.3. The molecular formula is C9H10ClN5. The number of rotatable bonds is 3. The number of alkyl halides is 1. The van der Waals surface area contributed by atoms with Gasteiger partial charge in [0.05, 0.1) is 5.88 Å². The molecule has 0 unspecified atom stereocenters. The SMILES string of the molecule is Cc1nc(Cn2cncn2)ncc1CCl. The van der Waals surface area contributed by atoms with Crippen LogP contribution in [-0.4, -0.2) is 24.7 Å². The molecule has 5 nitrogen and oxygen atoms in total. The molecule has 0 saturated heterocycles. The zero-order valence-corrected chi connectivity index (χ0v) is 9.02. The lowest BCUT2D eigenvalue weighted by molar-refractivity contribution is 0.649. The van der Waals surface area contributed by atoms with Crippen LogP contribution in [0.1, 0.15) is 17.1 Å². The van der Waals surface area contributed by atoms with Crippen molar-refractivity contribution in [2.75, 3.05) is 0 Å². The van der Waals surface area contributed by atoms with Crippen LogP contribution in [0.3, 0.4) is 0 Å². The van der Waals surface area contributed by atoms with E-state index in [9.17, 15) is 0 Å². The second-order valence-electron chi connectivity index (χ2n) is 3.12. The molecule has 0 radical (unpaired) electrons. The van der Waals surface area contributed by atoms with Crippen LogP contribution in [0.4, 0.5) is 0 Å². The van der Waals surface area contributed by atoms with Crippen molar-refractivity contribution in [3.63, 3.8) is 0 Å². The average Bonchev–Trinajstić information content (AvgIpc) is 2.71. The first-order valence-electron chi connectivity index (χ1n) is 4.49. The summed E-state index contributed by atoms with van der Waals surface area (Å²) in [5.74, 6) is 1.15. The first-order chi connectivity index (χ1) is 7.29. The summed E-state index contributed by atoms with van der Waals surface area (Å²) in [6, 6.07) is 0. The van der Waals surface area contributed by atoms with Gasteiger partial charge in [-0.3, -0.25) is 0 Å². The monoisotopic (exact) mass is 223 g/mol. The fraction of sp³-hybridized carbons (Fsp3) is 0.333. The maximum Gasteiger partial charge on any atom is 0.150 e. The van der Waals surface area contributed by atoms with Crippen molar-refractivity contribution in [3.05, 3.63) is 35.9 Å². The first-order valence-corrected chi connectivity index (χ1v) is 5.03. The van der Waals surface area contributed by atoms with Crippen molar-refractivity contribution in [1.82, 2.24) is 24.7 Å². The van der Waals surface area contributed by atoms with Gasteiger partial charge in [-0.15, -0.1) is 11.6 Å². The van der Waals surface area contributed by atoms with E-state index in [1.807, 2.05) is 6.92 Å². The fourth-order valence-corrected chi connectivity index (χ4v) is 1.47. The van der Waals surface area contributed by atoms with Crippen molar-refractivity contribution in [3.8, 4) is 0 Å². The van der Waals surface area contributed by atoms with Crippen LogP contribution in [0.25, 0.3) is 0 Å². The van der Waals surface area contributed by atoms with Crippen LogP contribution in [0.2, 0.25) is 0 Å². The summed E-state index contributed by atoms with van der Waals surface area (Å²) in [4.78, 5) is 12.4. The first kappa shape index (κ1) is 10.0. The number of halogens is 1. The van der Waals surface area contributed by atoms with Crippen molar-refractivity contribution in [2.24, 2.45) is 0 Å². The van der Waals surface area contributed by atoms with Crippen LogP contribution in [-0.2, 0) is 12.4 Å². The molecule has 0 aliphatic rings. The minimum atomic E-state index is 0.440. The highest BCUT2D eigenvalue weighted by Gasteiger charge is 2.03. The summed E-state index contributed by atoms with van der Waals surface area (Å²) in [5, 5.41) is 3.98. The third-order valence-electron chi connectivity index (χ3n) is 2.04. The summed E-state index contributed by atoms with van der Waals surface area (Å²) < 4.78 is 1.68. The third kappa shape index (κ3) is 2.30. The summed E-state index contributed by atoms with van der Waals surface area (Å²) >= 11 is 5.72. The fourth-order valence-electron chi connectivity index (χ4n) is 1.21. The predicted octanol–water partition coefficient (Wildman–Crippen LogP) is 1.16. The van der Waals surface area contributed by atoms with Gasteiger partial charge in [0.15, 0.2) is 0 Å². The Bertz CT molecular complexity index is 440. The Morgan fingerprint density at radius 2 is 2.33 bits per heavy atom. The minimum Gasteiger partial charge on any atom is -0.245 e. The van der Waals surface area contributed by atoms with Gasteiger partial charge in [-0.2, -0.15) is 5.10 Å². The van der Waals surface area contributed by atoms with Crippen LogP contribution < -0.4 is 0 Å². The maximum absolute atomic E-state index is 5.72. The molecule has 0 bridgehead atoms. The Balaban J connectivity index is 2.20. The summed E-state index contributed by atoms with van der Waals surface area (Å²) in [5.41, 5.74) is 1.87. The number of nitrogens with zero attached hydrogens (tertiary/aromatic N) is 5. The van der Waals surface area contributed by atoms with E-state index in [0.717, 1.165) is 11.3 Å². The van der Waals surface area contributed by atoms with Gasteiger partial charge in [-0.1, -0.05) is 0 Å². The zero-order valence-electron chi connectivity index (χ0n) is 8.26. The molecule has 0 aliphatic heterocycles. The quantitative estimate of drug-likeness (QED) is 0.733. The van der Waals surface area contributed by atoms with Gasteiger partial charge in [0.2, 0.25) is 0 Å². The molecule has 0 aromatic carbocycles. The van der Waals surface area contributed by atoms with Gasteiger partial charge in [-0.05, 0) is 6.92 Å². The Morgan fingerprint density at radius 1 is 1.47 bits per heavy atom. The van der Waals surface area contributed by atoms with E-state index in [0.29, 0.717) is 18.2 Å². The highest BCUT2D eigenvalue weighted by atomic mass is 35.5. The van der Waals surface area contributed by atoms with Crippen LogP contribution in [0.5, 0.6) is 0 Å². The summed E-state index contributed by atoms with van der Waals surface area (Å²) in [6.07, 6.45) is 4.87. The van der Waals surface area contributed by atoms with Crippen LogP contribution in [0.15, 0.2) is 18.9 Å². The zero-order chi connectivity index (χ0) is 10.7. The molecule has 0 atom stereocenters. The number of hydrogen-bond acceptors (Lipinski definition) is 4. The lowest BCUT2D eigenvalue weighted by Crippen LogP contribution is -2.06. The van der Waals surface area contributed by atoms with Crippen LogP contribution >= 0.6 is 11.6 Å². The van der Waals surface area contributed by atoms with Gasteiger partial charge in [-0.25, -0.2) is 19.6 Å². The lowest BCUT2D eigenvalue weighted by Gasteiger charge is -2.03. The van der Waals surface area contributed by atoms with Gasteiger partial charge in [0, 0.05) is 17.5 Å². The Morgan fingerprint density at radius 3 is 2.93 bits per heavy atom. The molecule has 2 aromatic heterocycles. The minimum absolute atomic E-state index is 0.440. The molecule has 2 heterocycles. The van der Waals surface area contributed by atoms with Crippen molar-refractivity contribution < 1.29 is 0 Å². The van der Waals surface area contributed by atoms with Crippen molar-refractivity contribution >= 4 is 11.6 Å². The van der Waals surface area contributed by atoms with Gasteiger partial charge in [0.1, 0.15) is 25.0 Å². The summed E-state index contributed by atoms with van der Waals surface area (Å²) in [6.45, 7) is 2.45. The van der Waals surface area contributed by atoms with E-state index in [4.69, 9.17) is 11.6 Å². The maximum atomic E-state index is 5.72. The average molecular weight is 224 g/mol. The molecule has 78 valence electrons. The molecule has 0 spiro atoms. The molecule has 15 heavy (non-hydrogen) atoms. The van der Waals surface area contributed by atoms with E-state index in [2.05, 4.69) is 20.1 Å². The Hall–Kier alpha value is -1.49.